The number of fused-ring (bicyclic) bond motifs is 1. The second-order valence-electron chi connectivity index (χ2n) is 7.40. The Kier molecular flexibility index (Phi) is 5.81. The van der Waals surface area contributed by atoms with Gasteiger partial charge in [-0.2, -0.15) is 5.10 Å². The van der Waals surface area contributed by atoms with Crippen LogP contribution in [-0.4, -0.2) is 29.4 Å². The number of halogens is 1. The van der Waals surface area contributed by atoms with Crippen LogP contribution in [0.15, 0.2) is 12.1 Å². The third-order valence-electron chi connectivity index (χ3n) is 5.11. The molecule has 0 unspecified atom stereocenters. The molecule has 0 saturated carbocycles. The molecule has 142 valence electrons. The van der Waals surface area contributed by atoms with Crippen LogP contribution in [0.5, 0.6) is 0 Å². The lowest BCUT2D eigenvalue weighted by Crippen LogP contribution is -2.29. The first-order chi connectivity index (χ1) is 12.5. The van der Waals surface area contributed by atoms with Gasteiger partial charge in [-0.1, -0.05) is 31.5 Å². The number of aromatic nitrogens is 2. The lowest BCUT2D eigenvalue weighted by Gasteiger charge is -2.31. The molecule has 4 nitrogen and oxygen atoms in total. The summed E-state index contributed by atoms with van der Waals surface area (Å²) in [5, 5.41) is 5.76. The number of benzene rings is 1. The van der Waals surface area contributed by atoms with E-state index in [1.54, 1.807) is 0 Å². The van der Waals surface area contributed by atoms with Crippen LogP contribution in [0.1, 0.15) is 49.8 Å². The number of hydrogen-bond donors (Lipinski definition) is 0. The van der Waals surface area contributed by atoms with Gasteiger partial charge in [0.15, 0.2) is 5.82 Å². The van der Waals surface area contributed by atoms with Crippen LogP contribution in [-0.2, 0) is 13.5 Å². The van der Waals surface area contributed by atoms with E-state index in [4.69, 9.17) is 16.7 Å². The molecule has 0 spiro atoms. The molecule has 3 rings (SSSR count). The van der Waals surface area contributed by atoms with Crippen molar-refractivity contribution in [1.82, 2.24) is 9.78 Å². The van der Waals surface area contributed by atoms with Crippen molar-refractivity contribution in [3.05, 3.63) is 33.8 Å². The van der Waals surface area contributed by atoms with Crippen molar-refractivity contribution in [2.75, 3.05) is 29.4 Å². The summed E-state index contributed by atoms with van der Waals surface area (Å²) in [6.07, 6.45) is 4.50. The zero-order valence-electron chi connectivity index (χ0n) is 16.8. The monoisotopic (exact) mass is 374 g/mol. The smallest absolute Gasteiger partial charge is 0.160 e. The second-order valence-corrected chi connectivity index (χ2v) is 7.81. The topological polar surface area (TPSA) is 24.3 Å². The molecule has 0 amide bonds. The maximum Gasteiger partial charge on any atom is 0.160 e. The fraction of sp³-hybridized carbons (Fsp3) is 0.571. The van der Waals surface area contributed by atoms with E-state index in [1.807, 2.05) is 0 Å². The quantitative estimate of drug-likeness (QED) is 0.676. The number of hydrogen-bond acceptors (Lipinski definition) is 3. The molecule has 0 fully saturated rings. The summed E-state index contributed by atoms with van der Waals surface area (Å²) < 4.78 is 2.08. The molecule has 5 heteroatoms. The van der Waals surface area contributed by atoms with Crippen LogP contribution >= 0.6 is 11.6 Å². The Labute approximate surface area is 162 Å². The van der Waals surface area contributed by atoms with Crippen molar-refractivity contribution in [2.45, 2.75) is 53.4 Å². The van der Waals surface area contributed by atoms with Crippen LogP contribution in [0, 0.1) is 13.8 Å². The molecule has 0 atom stereocenters. The Balaban J connectivity index is 2.08. The van der Waals surface area contributed by atoms with Gasteiger partial charge in [-0.25, -0.2) is 0 Å². The van der Waals surface area contributed by atoms with E-state index >= 15 is 0 Å². The number of nitrogens with zero attached hydrogens (tertiary/aromatic N) is 4. The Morgan fingerprint density at radius 1 is 1.15 bits per heavy atom. The number of anilines is 3. The summed E-state index contributed by atoms with van der Waals surface area (Å²) in [5.41, 5.74) is 4.90. The van der Waals surface area contributed by atoms with E-state index in [2.05, 4.69) is 61.4 Å². The van der Waals surface area contributed by atoms with Gasteiger partial charge in [-0.15, -0.1) is 0 Å². The van der Waals surface area contributed by atoms with Crippen molar-refractivity contribution < 1.29 is 0 Å². The highest BCUT2D eigenvalue weighted by atomic mass is 35.5. The van der Waals surface area contributed by atoms with E-state index in [-0.39, 0.29) is 0 Å². The summed E-state index contributed by atoms with van der Waals surface area (Å²) in [6.45, 7) is 11.8. The van der Waals surface area contributed by atoms with E-state index in [1.165, 1.54) is 22.5 Å². The normalized spacial score (nSPS) is 13.8. The van der Waals surface area contributed by atoms with E-state index < -0.39 is 0 Å². The van der Waals surface area contributed by atoms with Crippen molar-refractivity contribution >= 4 is 28.9 Å². The summed E-state index contributed by atoms with van der Waals surface area (Å²) in [5.74, 6) is 2.37. The first-order valence-electron chi connectivity index (χ1n) is 9.83. The summed E-state index contributed by atoms with van der Waals surface area (Å²) in [7, 11) is 2.08. The third kappa shape index (κ3) is 3.44. The molecular weight excluding hydrogens is 344 g/mol. The Bertz CT molecular complexity index is 752. The number of aryl methyl sites for hydroxylation is 3. The maximum atomic E-state index is 6.66. The molecule has 0 radical (unpaired) electrons. The van der Waals surface area contributed by atoms with Crippen LogP contribution in [0.3, 0.4) is 0 Å². The lowest BCUT2D eigenvalue weighted by molar-refractivity contribution is 0.678. The molecule has 0 aliphatic carbocycles. The number of rotatable bonds is 6. The standard InChI is InChI=1S/C21H31ClN4/c1-6-10-25(11-7-2)21-17-9-8-12-26(20(17)23-24(21)5)19-16(4)13-15(3)14-18(19)22/h13-14H,6-12H2,1-5H3. The predicted molar refractivity (Wildman–Crippen MR) is 112 cm³/mol. The van der Waals surface area contributed by atoms with Crippen LogP contribution in [0.4, 0.5) is 17.3 Å². The van der Waals surface area contributed by atoms with Gasteiger partial charge in [0.25, 0.3) is 0 Å². The van der Waals surface area contributed by atoms with E-state index in [0.717, 1.165) is 61.8 Å². The van der Waals surface area contributed by atoms with Gasteiger partial charge in [0, 0.05) is 32.2 Å². The fourth-order valence-corrected chi connectivity index (χ4v) is 4.66. The van der Waals surface area contributed by atoms with Gasteiger partial charge in [-0.05, 0) is 56.7 Å². The molecule has 1 aliphatic heterocycles. The van der Waals surface area contributed by atoms with Gasteiger partial charge >= 0.3 is 0 Å². The molecular formula is C21H31ClN4. The zero-order chi connectivity index (χ0) is 18.8. The van der Waals surface area contributed by atoms with Crippen LogP contribution < -0.4 is 9.80 Å². The van der Waals surface area contributed by atoms with Crippen molar-refractivity contribution in [3.63, 3.8) is 0 Å². The molecule has 1 aromatic carbocycles. The fourth-order valence-electron chi connectivity index (χ4n) is 4.23. The van der Waals surface area contributed by atoms with Gasteiger partial charge in [0.05, 0.1) is 10.7 Å². The minimum atomic E-state index is 0.821. The van der Waals surface area contributed by atoms with Crippen molar-refractivity contribution in [1.29, 1.82) is 0 Å². The summed E-state index contributed by atoms with van der Waals surface area (Å²) in [4.78, 5) is 4.83. The molecule has 2 aromatic rings. The van der Waals surface area contributed by atoms with Gasteiger partial charge in [0.2, 0.25) is 0 Å². The minimum absolute atomic E-state index is 0.821. The molecule has 0 saturated heterocycles. The molecule has 0 bridgehead atoms. The molecule has 1 aliphatic rings. The predicted octanol–water partition coefficient (Wildman–Crippen LogP) is 5.40. The van der Waals surface area contributed by atoms with Crippen LogP contribution in [0.25, 0.3) is 0 Å². The maximum absolute atomic E-state index is 6.66. The average molecular weight is 375 g/mol. The van der Waals surface area contributed by atoms with Crippen molar-refractivity contribution in [3.8, 4) is 0 Å². The Morgan fingerprint density at radius 2 is 1.85 bits per heavy atom. The molecule has 2 heterocycles. The summed E-state index contributed by atoms with van der Waals surface area (Å²) >= 11 is 6.66. The highest BCUT2D eigenvalue weighted by Crippen LogP contribution is 2.42. The second kappa shape index (κ2) is 7.91. The first-order valence-corrected chi connectivity index (χ1v) is 10.2. The average Bonchev–Trinajstić information content (AvgIpc) is 2.90. The van der Waals surface area contributed by atoms with E-state index in [9.17, 15) is 0 Å². The van der Waals surface area contributed by atoms with Crippen molar-refractivity contribution in [2.24, 2.45) is 7.05 Å². The Hall–Kier alpha value is -1.68. The SMILES string of the molecule is CCCN(CCC)c1c2c(nn1C)N(c1c(C)cc(C)cc1Cl)CCC2. The largest absolute Gasteiger partial charge is 0.357 e. The van der Waals surface area contributed by atoms with E-state index in [0.29, 0.717) is 0 Å². The highest BCUT2D eigenvalue weighted by Gasteiger charge is 2.29. The molecule has 26 heavy (non-hydrogen) atoms. The molecule has 1 aromatic heterocycles. The zero-order valence-corrected chi connectivity index (χ0v) is 17.5. The first kappa shape index (κ1) is 19.1. The van der Waals surface area contributed by atoms with Gasteiger partial charge in [-0.3, -0.25) is 4.68 Å². The van der Waals surface area contributed by atoms with Gasteiger partial charge in [0.1, 0.15) is 5.82 Å². The highest BCUT2D eigenvalue weighted by molar-refractivity contribution is 6.33. The molecule has 0 N–H and O–H groups in total. The lowest BCUT2D eigenvalue weighted by atomic mass is 10.0. The Morgan fingerprint density at radius 3 is 2.46 bits per heavy atom. The van der Waals surface area contributed by atoms with Crippen LogP contribution in [0.2, 0.25) is 5.02 Å². The summed E-state index contributed by atoms with van der Waals surface area (Å²) in [6, 6.07) is 4.27. The third-order valence-corrected chi connectivity index (χ3v) is 5.40. The van der Waals surface area contributed by atoms with Gasteiger partial charge < -0.3 is 9.80 Å². The minimum Gasteiger partial charge on any atom is -0.357 e.